The summed E-state index contributed by atoms with van der Waals surface area (Å²) in [5.41, 5.74) is -0.654. The largest absolute Gasteiger partial charge is 0.479 e. The number of hydrogen-bond acceptors (Lipinski definition) is 7. The van der Waals surface area contributed by atoms with Gasteiger partial charge in [0.25, 0.3) is 0 Å². The number of rotatable bonds is 3. The third-order valence-electron chi connectivity index (χ3n) is 9.02. The van der Waals surface area contributed by atoms with Crippen molar-refractivity contribution in [2.45, 2.75) is 108 Å². The van der Waals surface area contributed by atoms with Crippen LogP contribution in [0.3, 0.4) is 0 Å². The Hall–Kier alpha value is -4.16. The number of nitrogens with zero attached hydrogens (tertiary/aromatic N) is 2. The molecule has 13 heteroatoms. The Kier molecular flexibility index (Phi) is 9.59. The van der Waals surface area contributed by atoms with E-state index < -0.39 is 59.3 Å². The Morgan fingerprint density at radius 3 is 2.65 bits per heavy atom. The average molecular weight is 643 g/mol. The van der Waals surface area contributed by atoms with Gasteiger partial charge in [0.15, 0.2) is 0 Å². The van der Waals surface area contributed by atoms with Crippen molar-refractivity contribution in [1.82, 2.24) is 20.4 Å². The molecule has 5 atom stereocenters. The fraction of sp³-hybridized carbons (Fsp3) is 0.606. The molecule has 0 spiro atoms. The van der Waals surface area contributed by atoms with Crippen LogP contribution in [0.1, 0.15) is 76.8 Å². The highest BCUT2D eigenvalue weighted by Gasteiger charge is 2.61. The summed E-state index contributed by atoms with van der Waals surface area (Å²) in [7, 11) is 0. The maximum atomic E-state index is 14.1. The zero-order chi connectivity index (χ0) is 33.2. The molecule has 3 heterocycles. The molecule has 1 aromatic carbocycles. The number of aliphatic carboxylic acids is 1. The van der Waals surface area contributed by atoms with E-state index in [1.54, 1.807) is 26.8 Å². The van der Waals surface area contributed by atoms with E-state index in [1.807, 2.05) is 12.2 Å². The number of benzene rings is 1. The molecular formula is C33H43FN4O8. The second-order valence-corrected chi connectivity index (χ2v) is 13.7. The van der Waals surface area contributed by atoms with E-state index in [0.717, 1.165) is 30.4 Å². The first-order chi connectivity index (χ1) is 21.8. The minimum Gasteiger partial charge on any atom is -0.479 e. The zero-order valence-corrected chi connectivity index (χ0v) is 26.6. The van der Waals surface area contributed by atoms with Crippen LogP contribution in [-0.2, 0) is 36.8 Å². The number of nitrogens with one attached hydrogen (secondary N) is 2. The van der Waals surface area contributed by atoms with Gasteiger partial charge in [-0.15, -0.1) is 0 Å². The molecule has 12 nitrogen and oxygen atoms in total. The van der Waals surface area contributed by atoms with Crippen molar-refractivity contribution >= 4 is 30.0 Å². The quantitative estimate of drug-likeness (QED) is 0.422. The van der Waals surface area contributed by atoms with Crippen molar-refractivity contribution in [1.29, 1.82) is 0 Å². The predicted octanol–water partition coefficient (Wildman–Crippen LogP) is 3.66. The minimum atomic E-state index is -1.48. The van der Waals surface area contributed by atoms with Crippen LogP contribution in [0.15, 0.2) is 30.4 Å². The van der Waals surface area contributed by atoms with Crippen molar-refractivity contribution in [2.75, 3.05) is 13.1 Å². The fourth-order valence-corrected chi connectivity index (χ4v) is 6.49. The number of halogens is 1. The number of carbonyl (C=O) groups excluding carboxylic acids is 4. The second-order valence-electron chi connectivity index (χ2n) is 13.7. The van der Waals surface area contributed by atoms with Gasteiger partial charge in [-0.1, -0.05) is 31.1 Å². The smallest absolute Gasteiger partial charge is 0.410 e. The summed E-state index contributed by atoms with van der Waals surface area (Å²) < 4.78 is 24.9. The number of carboxylic acid groups (broad SMARTS) is 1. The highest BCUT2D eigenvalue weighted by atomic mass is 19.1. The number of alkyl carbamates (subject to hydrolysis) is 1. The summed E-state index contributed by atoms with van der Waals surface area (Å²) in [6.45, 7) is 5.55. The molecule has 0 unspecified atom stereocenters. The first-order valence-corrected chi connectivity index (χ1v) is 16.0. The first-order valence-electron chi connectivity index (χ1n) is 16.0. The van der Waals surface area contributed by atoms with Gasteiger partial charge in [-0.3, -0.25) is 9.59 Å². The van der Waals surface area contributed by atoms with Gasteiger partial charge in [0.2, 0.25) is 11.8 Å². The maximum absolute atomic E-state index is 14.1. The Morgan fingerprint density at radius 1 is 1.13 bits per heavy atom. The molecule has 1 aliphatic carbocycles. The number of hydrogen-bond donors (Lipinski definition) is 3. The van der Waals surface area contributed by atoms with E-state index in [-0.39, 0.29) is 37.7 Å². The molecule has 0 bridgehead atoms. The third kappa shape index (κ3) is 7.61. The van der Waals surface area contributed by atoms with Crippen LogP contribution in [-0.4, -0.2) is 87.3 Å². The van der Waals surface area contributed by atoms with E-state index in [2.05, 4.69) is 10.6 Å². The Morgan fingerprint density at radius 2 is 1.91 bits per heavy atom. The SMILES string of the molecule is CC(C)(C)OC(=O)N[C@H]1CCCCC/C=C\[C@H]2C[C@@]2(C(=O)O)NC(=O)[C@@H]2C[C@@H](OC(=O)N3CCc4cc(F)ccc4C3)CN2C1=O. The standard InChI is InChI=1S/C33H43FN4O8/c1-32(2,3)46-30(43)35-25-10-8-6-4-5-7-9-22-17-33(22,29(41)42)36-27(39)26-16-24(19-38(26)28(25)40)45-31(44)37-14-13-20-15-23(34)12-11-21(20)18-37/h7,9,11-12,15,22,24-26H,4-6,8,10,13-14,16-19H2,1-3H3,(H,35,43)(H,36,39)(H,41,42)/b9-7-/t22-,24+,25-,26-,33+/m0/s1. The second kappa shape index (κ2) is 13.3. The van der Waals surface area contributed by atoms with E-state index in [1.165, 1.54) is 21.9 Å². The summed E-state index contributed by atoms with van der Waals surface area (Å²) in [6.07, 6.45) is 5.34. The van der Waals surface area contributed by atoms with Gasteiger partial charge in [0.05, 0.1) is 6.54 Å². The van der Waals surface area contributed by atoms with Crippen LogP contribution in [0, 0.1) is 11.7 Å². The lowest BCUT2D eigenvalue weighted by Crippen LogP contribution is -2.56. The molecule has 1 saturated carbocycles. The Labute approximate surface area is 267 Å². The zero-order valence-electron chi connectivity index (χ0n) is 26.6. The van der Waals surface area contributed by atoms with Crippen molar-refractivity contribution in [3.63, 3.8) is 0 Å². The van der Waals surface area contributed by atoms with Gasteiger partial charge < -0.3 is 35.0 Å². The number of carbonyl (C=O) groups is 5. The van der Waals surface area contributed by atoms with E-state index in [4.69, 9.17) is 9.47 Å². The van der Waals surface area contributed by atoms with Crippen LogP contribution >= 0.6 is 0 Å². The third-order valence-corrected chi connectivity index (χ3v) is 9.02. The van der Waals surface area contributed by atoms with Crippen LogP contribution < -0.4 is 10.6 Å². The summed E-state index contributed by atoms with van der Waals surface area (Å²) in [4.78, 5) is 68.9. The molecule has 4 amide bonds. The summed E-state index contributed by atoms with van der Waals surface area (Å²) in [5, 5.41) is 15.4. The summed E-state index contributed by atoms with van der Waals surface area (Å²) in [5.74, 6) is -3.08. The van der Waals surface area contributed by atoms with Crippen molar-refractivity contribution in [2.24, 2.45) is 5.92 Å². The molecule has 5 rings (SSSR count). The van der Waals surface area contributed by atoms with Crippen LogP contribution in [0.4, 0.5) is 14.0 Å². The molecule has 4 aliphatic rings. The lowest BCUT2D eigenvalue weighted by molar-refractivity contribution is -0.145. The molecule has 1 saturated heterocycles. The average Bonchev–Trinajstić information content (AvgIpc) is 3.51. The highest BCUT2D eigenvalue weighted by Crippen LogP contribution is 2.45. The summed E-state index contributed by atoms with van der Waals surface area (Å²) in [6, 6.07) is 2.28. The number of allylic oxidation sites excluding steroid dienone is 1. The molecule has 0 radical (unpaired) electrons. The monoisotopic (exact) mass is 642 g/mol. The molecular weight excluding hydrogens is 599 g/mol. The lowest BCUT2D eigenvalue weighted by Gasteiger charge is -2.30. The number of fused-ring (bicyclic) bond motifs is 3. The highest BCUT2D eigenvalue weighted by molar-refractivity contribution is 5.96. The van der Waals surface area contributed by atoms with Gasteiger partial charge >= 0.3 is 18.2 Å². The molecule has 3 aliphatic heterocycles. The molecule has 2 fully saturated rings. The topological polar surface area (TPSA) is 155 Å². The van der Waals surface area contributed by atoms with Crippen molar-refractivity contribution < 1.29 is 42.9 Å². The fourth-order valence-electron chi connectivity index (χ4n) is 6.49. The van der Waals surface area contributed by atoms with Gasteiger partial charge in [-0.2, -0.15) is 0 Å². The van der Waals surface area contributed by atoms with Crippen LogP contribution in [0.2, 0.25) is 0 Å². The van der Waals surface area contributed by atoms with Gasteiger partial charge in [-0.25, -0.2) is 18.8 Å². The molecule has 0 aromatic heterocycles. The molecule has 46 heavy (non-hydrogen) atoms. The van der Waals surface area contributed by atoms with Crippen molar-refractivity contribution in [3.8, 4) is 0 Å². The van der Waals surface area contributed by atoms with E-state index in [0.29, 0.717) is 25.8 Å². The van der Waals surface area contributed by atoms with Gasteiger partial charge in [-0.05, 0) is 76.1 Å². The minimum absolute atomic E-state index is 0.0473. The Bertz CT molecular complexity index is 1410. The molecule has 3 N–H and O–H groups in total. The van der Waals surface area contributed by atoms with Crippen LogP contribution in [0.25, 0.3) is 0 Å². The number of ether oxygens (including phenoxy) is 2. The van der Waals surface area contributed by atoms with Crippen LogP contribution in [0.5, 0.6) is 0 Å². The van der Waals surface area contributed by atoms with Gasteiger partial charge in [0.1, 0.15) is 35.1 Å². The van der Waals surface area contributed by atoms with Gasteiger partial charge in [0, 0.05) is 25.4 Å². The molecule has 250 valence electrons. The van der Waals surface area contributed by atoms with E-state index in [9.17, 15) is 33.5 Å². The Balaban J connectivity index is 1.36. The first kappa shape index (κ1) is 33.2. The number of carboxylic acids is 1. The lowest BCUT2D eigenvalue weighted by atomic mass is 10.00. The molecule has 1 aromatic rings. The normalized spacial score (nSPS) is 29.1. The van der Waals surface area contributed by atoms with E-state index >= 15 is 0 Å². The van der Waals surface area contributed by atoms with Crippen molar-refractivity contribution in [3.05, 3.63) is 47.3 Å². The predicted molar refractivity (Wildman–Crippen MR) is 163 cm³/mol. The summed E-state index contributed by atoms with van der Waals surface area (Å²) >= 11 is 0. The number of amides is 4. The maximum Gasteiger partial charge on any atom is 0.410 e.